The van der Waals surface area contributed by atoms with E-state index in [1.807, 2.05) is 0 Å². The van der Waals surface area contributed by atoms with Crippen molar-refractivity contribution in [3.63, 3.8) is 0 Å². The average molecular weight is 382 g/mol. The van der Waals surface area contributed by atoms with E-state index in [4.69, 9.17) is 0 Å². The van der Waals surface area contributed by atoms with E-state index in [1.165, 1.54) is 65.5 Å². The molecule has 2 aromatic heterocycles. The molecule has 0 spiro atoms. The highest BCUT2D eigenvalue weighted by atomic mass is 14.7. The van der Waals surface area contributed by atoms with Crippen molar-refractivity contribution in [1.82, 2.24) is 9.97 Å². The van der Waals surface area contributed by atoms with Crippen molar-refractivity contribution in [3.8, 4) is 11.1 Å². The molecule has 0 atom stereocenters. The number of aromatic nitrogens is 2. The van der Waals surface area contributed by atoms with Gasteiger partial charge in [0, 0.05) is 43.6 Å². The molecule has 7 aromatic rings. The van der Waals surface area contributed by atoms with Crippen molar-refractivity contribution in [2.75, 3.05) is 0 Å². The molecular formula is C28H18N2. The molecule has 140 valence electrons. The summed E-state index contributed by atoms with van der Waals surface area (Å²) < 4.78 is 0. The molecule has 0 bridgehead atoms. The Hall–Kier alpha value is -4.04. The van der Waals surface area contributed by atoms with Crippen LogP contribution in [0.2, 0.25) is 0 Å². The maximum absolute atomic E-state index is 3.64. The van der Waals surface area contributed by atoms with Crippen LogP contribution in [-0.4, -0.2) is 9.97 Å². The minimum atomic E-state index is 1.18. The normalized spacial score (nSPS) is 12.0. The number of para-hydroxylation sites is 1. The molecule has 2 heteroatoms. The first-order valence-electron chi connectivity index (χ1n) is 10.3. The standard InChI is InChI=1S/C28H18N2/c1-2-6-18-15-28-24(13-17(18)5-1)22-11-9-20(16-27(22)30-28)19-10-12-26-23(14-19)21-7-3-4-8-25(21)29-26/h1-16,29-30H. The molecule has 0 aliphatic rings. The molecule has 0 amide bonds. The Morgan fingerprint density at radius 2 is 0.967 bits per heavy atom. The highest BCUT2D eigenvalue weighted by molar-refractivity contribution is 6.13. The second-order valence-corrected chi connectivity index (χ2v) is 8.06. The van der Waals surface area contributed by atoms with E-state index in [-0.39, 0.29) is 0 Å². The van der Waals surface area contributed by atoms with E-state index in [2.05, 4.69) is 107 Å². The molecule has 5 aromatic carbocycles. The predicted octanol–water partition coefficient (Wildman–Crippen LogP) is 7.78. The summed E-state index contributed by atoms with van der Waals surface area (Å²) in [6.07, 6.45) is 0. The third-order valence-electron chi connectivity index (χ3n) is 6.30. The van der Waals surface area contributed by atoms with Gasteiger partial charge in [0.2, 0.25) is 0 Å². The lowest BCUT2D eigenvalue weighted by molar-refractivity contribution is 1.54. The van der Waals surface area contributed by atoms with Gasteiger partial charge in [0.25, 0.3) is 0 Å². The SMILES string of the molecule is c1ccc2cc3c(cc2c1)[nH]c1cc(-c2ccc4[nH]c5ccccc5c4c2)ccc13. The molecule has 2 heterocycles. The molecule has 30 heavy (non-hydrogen) atoms. The van der Waals surface area contributed by atoms with Crippen LogP contribution in [0.5, 0.6) is 0 Å². The first kappa shape index (κ1) is 15.8. The van der Waals surface area contributed by atoms with Crippen molar-refractivity contribution in [1.29, 1.82) is 0 Å². The number of hydrogen-bond donors (Lipinski definition) is 2. The van der Waals surface area contributed by atoms with Crippen molar-refractivity contribution in [2.24, 2.45) is 0 Å². The van der Waals surface area contributed by atoms with Gasteiger partial charge in [0.05, 0.1) is 0 Å². The number of nitrogens with one attached hydrogen (secondary N) is 2. The highest BCUT2D eigenvalue weighted by Gasteiger charge is 2.09. The van der Waals surface area contributed by atoms with E-state index in [0.717, 1.165) is 0 Å². The first-order chi connectivity index (χ1) is 14.8. The maximum Gasteiger partial charge on any atom is 0.0471 e. The van der Waals surface area contributed by atoms with Gasteiger partial charge < -0.3 is 9.97 Å². The molecule has 0 aliphatic carbocycles. The van der Waals surface area contributed by atoms with Gasteiger partial charge in [0.1, 0.15) is 0 Å². The zero-order chi connectivity index (χ0) is 19.7. The summed E-state index contributed by atoms with van der Waals surface area (Å²) in [4.78, 5) is 7.15. The van der Waals surface area contributed by atoms with Gasteiger partial charge >= 0.3 is 0 Å². The van der Waals surface area contributed by atoms with Crippen LogP contribution in [0.4, 0.5) is 0 Å². The molecule has 0 radical (unpaired) electrons. The number of benzene rings is 5. The fraction of sp³-hybridized carbons (Fsp3) is 0. The Morgan fingerprint density at radius 3 is 1.90 bits per heavy atom. The summed E-state index contributed by atoms with van der Waals surface area (Å²) >= 11 is 0. The van der Waals surface area contributed by atoms with E-state index < -0.39 is 0 Å². The summed E-state index contributed by atoms with van der Waals surface area (Å²) in [5.41, 5.74) is 7.19. The van der Waals surface area contributed by atoms with E-state index >= 15 is 0 Å². The van der Waals surface area contributed by atoms with Crippen LogP contribution in [0.3, 0.4) is 0 Å². The van der Waals surface area contributed by atoms with Crippen molar-refractivity contribution < 1.29 is 0 Å². The van der Waals surface area contributed by atoms with Crippen LogP contribution in [0.15, 0.2) is 97.1 Å². The van der Waals surface area contributed by atoms with Gasteiger partial charge in [-0.25, -0.2) is 0 Å². The van der Waals surface area contributed by atoms with Gasteiger partial charge in [-0.15, -0.1) is 0 Å². The summed E-state index contributed by atoms with van der Waals surface area (Å²) in [6.45, 7) is 0. The number of fused-ring (bicyclic) bond motifs is 7. The zero-order valence-electron chi connectivity index (χ0n) is 16.2. The van der Waals surface area contributed by atoms with Crippen LogP contribution in [-0.2, 0) is 0 Å². The van der Waals surface area contributed by atoms with Crippen molar-refractivity contribution in [3.05, 3.63) is 97.1 Å². The Morgan fingerprint density at radius 1 is 0.367 bits per heavy atom. The van der Waals surface area contributed by atoms with Crippen LogP contribution in [0.1, 0.15) is 0 Å². The molecule has 0 aliphatic heterocycles. The van der Waals surface area contributed by atoms with Gasteiger partial charge in [-0.1, -0.05) is 60.7 Å². The van der Waals surface area contributed by atoms with E-state index in [0.29, 0.717) is 0 Å². The zero-order valence-corrected chi connectivity index (χ0v) is 16.2. The number of H-pyrrole nitrogens is 2. The number of rotatable bonds is 1. The number of hydrogen-bond acceptors (Lipinski definition) is 0. The molecule has 0 saturated carbocycles. The third-order valence-corrected chi connectivity index (χ3v) is 6.30. The van der Waals surface area contributed by atoms with Crippen LogP contribution in [0.25, 0.3) is 65.5 Å². The molecular weight excluding hydrogens is 364 g/mol. The highest BCUT2D eigenvalue weighted by Crippen LogP contribution is 2.34. The monoisotopic (exact) mass is 382 g/mol. The van der Waals surface area contributed by atoms with Gasteiger partial charge in [-0.2, -0.15) is 0 Å². The quantitative estimate of drug-likeness (QED) is 0.290. The second-order valence-electron chi connectivity index (χ2n) is 8.06. The Labute approximate surface area is 172 Å². The summed E-state index contributed by atoms with van der Waals surface area (Å²) in [5, 5.41) is 7.63. The topological polar surface area (TPSA) is 31.6 Å². The Bertz CT molecular complexity index is 1750. The van der Waals surface area contributed by atoms with E-state index in [9.17, 15) is 0 Å². The lowest BCUT2D eigenvalue weighted by Crippen LogP contribution is -1.79. The van der Waals surface area contributed by atoms with Crippen LogP contribution in [0, 0.1) is 0 Å². The molecule has 0 fully saturated rings. The molecule has 0 saturated heterocycles. The predicted molar refractivity (Wildman–Crippen MR) is 128 cm³/mol. The van der Waals surface area contributed by atoms with Crippen molar-refractivity contribution in [2.45, 2.75) is 0 Å². The molecule has 7 rings (SSSR count). The maximum atomic E-state index is 3.64. The van der Waals surface area contributed by atoms with Gasteiger partial charge in [-0.3, -0.25) is 0 Å². The number of aromatic amines is 2. The summed E-state index contributed by atoms with van der Waals surface area (Å²) in [6, 6.07) is 35.0. The average Bonchev–Trinajstić information content (AvgIpc) is 3.34. The van der Waals surface area contributed by atoms with Crippen LogP contribution >= 0.6 is 0 Å². The Balaban J connectivity index is 1.45. The van der Waals surface area contributed by atoms with E-state index in [1.54, 1.807) is 0 Å². The molecule has 2 nitrogen and oxygen atoms in total. The third kappa shape index (κ3) is 2.19. The smallest absolute Gasteiger partial charge is 0.0471 e. The molecule has 0 unspecified atom stereocenters. The lowest BCUT2D eigenvalue weighted by atomic mass is 10.0. The fourth-order valence-corrected chi connectivity index (χ4v) is 4.80. The largest absolute Gasteiger partial charge is 0.355 e. The molecule has 2 N–H and O–H groups in total. The summed E-state index contributed by atoms with van der Waals surface area (Å²) in [5.74, 6) is 0. The van der Waals surface area contributed by atoms with Gasteiger partial charge in [0.15, 0.2) is 0 Å². The first-order valence-corrected chi connectivity index (χ1v) is 10.3. The van der Waals surface area contributed by atoms with Gasteiger partial charge in [-0.05, 0) is 58.3 Å². The Kier molecular flexibility index (Phi) is 3.03. The van der Waals surface area contributed by atoms with Crippen molar-refractivity contribution >= 4 is 54.4 Å². The second kappa shape index (κ2) is 5.74. The minimum Gasteiger partial charge on any atom is -0.355 e. The lowest BCUT2D eigenvalue weighted by Gasteiger charge is -2.03. The fourth-order valence-electron chi connectivity index (χ4n) is 4.80. The minimum absolute atomic E-state index is 1.18. The van der Waals surface area contributed by atoms with Crippen LogP contribution < -0.4 is 0 Å². The summed E-state index contributed by atoms with van der Waals surface area (Å²) in [7, 11) is 0.